The Kier molecular flexibility index (Phi) is 7.72. The third-order valence-electron chi connectivity index (χ3n) is 6.53. The van der Waals surface area contributed by atoms with Crippen LogP contribution in [0.1, 0.15) is 61.3 Å². The molecular formula is C25H30ClN3O4S. The molecule has 34 heavy (non-hydrogen) atoms. The van der Waals surface area contributed by atoms with Gasteiger partial charge in [0.25, 0.3) is 11.5 Å². The summed E-state index contributed by atoms with van der Waals surface area (Å²) < 4.78 is 5.95. The Labute approximate surface area is 207 Å². The number of rotatable bonds is 8. The number of hydrogen-bond acceptors (Lipinski definition) is 6. The fourth-order valence-corrected chi connectivity index (χ4v) is 5.64. The van der Waals surface area contributed by atoms with E-state index in [1.807, 2.05) is 31.4 Å². The Balaban J connectivity index is 1.34. The van der Waals surface area contributed by atoms with E-state index in [0.717, 1.165) is 36.8 Å². The van der Waals surface area contributed by atoms with Crippen LogP contribution in [0.4, 0.5) is 0 Å². The van der Waals surface area contributed by atoms with Gasteiger partial charge in [-0.3, -0.25) is 9.59 Å². The second-order valence-corrected chi connectivity index (χ2v) is 10.8. The molecule has 0 saturated heterocycles. The van der Waals surface area contributed by atoms with Crippen LogP contribution in [-0.2, 0) is 17.9 Å². The van der Waals surface area contributed by atoms with Gasteiger partial charge in [0, 0.05) is 23.7 Å². The number of ether oxygens (including phenoxy) is 1. The number of benzene rings is 1. The fraction of sp³-hybridized carbons (Fsp3) is 0.480. The number of carbonyl (C=O) groups is 1. The minimum absolute atomic E-state index is 0.0163. The second kappa shape index (κ2) is 10.6. The summed E-state index contributed by atoms with van der Waals surface area (Å²) in [6.45, 7) is 5.01. The monoisotopic (exact) mass is 503 g/mol. The zero-order chi connectivity index (χ0) is 24.3. The minimum atomic E-state index is -0.625. The molecule has 3 aromatic rings. The highest BCUT2D eigenvalue weighted by Crippen LogP contribution is 2.35. The van der Waals surface area contributed by atoms with Crippen LogP contribution in [0.15, 0.2) is 34.4 Å². The number of nitrogens with one attached hydrogen (secondary N) is 2. The van der Waals surface area contributed by atoms with Crippen LogP contribution in [0.5, 0.6) is 0 Å². The molecule has 182 valence electrons. The van der Waals surface area contributed by atoms with E-state index in [0.29, 0.717) is 40.3 Å². The first kappa shape index (κ1) is 24.9. The molecule has 1 aliphatic rings. The lowest BCUT2D eigenvalue weighted by Crippen LogP contribution is -2.34. The molecule has 0 unspecified atom stereocenters. The number of aliphatic hydroxyl groups is 1. The molecule has 2 heterocycles. The third-order valence-corrected chi connectivity index (χ3v) is 7.69. The largest absolute Gasteiger partial charge is 0.390 e. The van der Waals surface area contributed by atoms with Gasteiger partial charge in [-0.2, -0.15) is 0 Å². The number of nitrogens with zero attached hydrogens (tertiary/aromatic N) is 1. The Bertz CT molecular complexity index is 1210. The maximum Gasteiger partial charge on any atom is 0.287 e. The smallest absolute Gasteiger partial charge is 0.287 e. The van der Waals surface area contributed by atoms with E-state index < -0.39 is 11.5 Å². The first-order valence-corrected chi connectivity index (χ1v) is 12.8. The molecule has 1 fully saturated rings. The van der Waals surface area contributed by atoms with Gasteiger partial charge in [-0.25, -0.2) is 4.98 Å². The van der Waals surface area contributed by atoms with Crippen LogP contribution in [0.3, 0.4) is 0 Å². The van der Waals surface area contributed by atoms with E-state index in [1.54, 1.807) is 12.1 Å². The van der Waals surface area contributed by atoms with Crippen molar-refractivity contribution < 1.29 is 14.6 Å². The summed E-state index contributed by atoms with van der Waals surface area (Å²) in [7, 11) is 0. The van der Waals surface area contributed by atoms with E-state index in [9.17, 15) is 14.7 Å². The van der Waals surface area contributed by atoms with Crippen molar-refractivity contribution in [3.63, 3.8) is 0 Å². The number of carbonyl (C=O) groups excluding carboxylic acids is 1. The van der Waals surface area contributed by atoms with E-state index in [-0.39, 0.29) is 17.9 Å². The summed E-state index contributed by atoms with van der Waals surface area (Å²) in [5.41, 5.74) is 0.669. The lowest BCUT2D eigenvalue weighted by molar-refractivity contribution is -0.0161. The number of aromatic amines is 1. The van der Waals surface area contributed by atoms with E-state index >= 15 is 0 Å². The van der Waals surface area contributed by atoms with Crippen LogP contribution in [0.25, 0.3) is 10.2 Å². The number of amides is 1. The summed E-state index contributed by atoms with van der Waals surface area (Å²) in [4.78, 5) is 32.7. The van der Waals surface area contributed by atoms with Crippen molar-refractivity contribution >= 4 is 39.1 Å². The molecule has 0 atom stereocenters. The SMILES string of the molecule is CC(C)(O)C1CCC(COCc2csc3nc(C(=O)NCc4cccc(Cl)c4)[nH]c(=O)c23)CC1. The van der Waals surface area contributed by atoms with E-state index in [4.69, 9.17) is 16.3 Å². The van der Waals surface area contributed by atoms with Gasteiger partial charge in [-0.05, 0) is 74.4 Å². The molecule has 7 nitrogen and oxygen atoms in total. The molecule has 1 aliphatic carbocycles. The Morgan fingerprint density at radius 3 is 2.79 bits per heavy atom. The molecule has 4 rings (SSSR count). The van der Waals surface area contributed by atoms with Gasteiger partial charge in [0.15, 0.2) is 0 Å². The van der Waals surface area contributed by atoms with Gasteiger partial charge in [-0.15, -0.1) is 11.3 Å². The van der Waals surface area contributed by atoms with Gasteiger partial charge in [0.05, 0.1) is 17.6 Å². The summed E-state index contributed by atoms with van der Waals surface area (Å²) in [5, 5.41) is 15.9. The predicted molar refractivity (Wildman–Crippen MR) is 134 cm³/mol. The number of aromatic nitrogens is 2. The third kappa shape index (κ3) is 6.05. The first-order chi connectivity index (χ1) is 16.2. The average Bonchev–Trinajstić information content (AvgIpc) is 3.21. The van der Waals surface area contributed by atoms with Crippen molar-refractivity contribution in [2.24, 2.45) is 11.8 Å². The van der Waals surface area contributed by atoms with Gasteiger partial charge >= 0.3 is 0 Å². The first-order valence-electron chi connectivity index (χ1n) is 11.5. The van der Waals surface area contributed by atoms with Crippen molar-refractivity contribution in [2.45, 2.75) is 58.3 Å². The fourth-order valence-electron chi connectivity index (χ4n) is 4.50. The van der Waals surface area contributed by atoms with Crippen molar-refractivity contribution in [2.75, 3.05) is 6.61 Å². The number of H-pyrrole nitrogens is 1. The van der Waals surface area contributed by atoms with Crippen LogP contribution in [0, 0.1) is 11.8 Å². The van der Waals surface area contributed by atoms with Gasteiger partial charge in [-0.1, -0.05) is 23.7 Å². The Morgan fingerprint density at radius 1 is 1.32 bits per heavy atom. The highest BCUT2D eigenvalue weighted by Gasteiger charge is 2.31. The van der Waals surface area contributed by atoms with Crippen LogP contribution < -0.4 is 10.9 Å². The molecule has 0 spiro atoms. The molecule has 1 amide bonds. The molecular weight excluding hydrogens is 474 g/mol. The minimum Gasteiger partial charge on any atom is -0.390 e. The zero-order valence-corrected chi connectivity index (χ0v) is 21.0. The summed E-state index contributed by atoms with van der Waals surface area (Å²) in [6, 6.07) is 7.20. The number of halogens is 1. The van der Waals surface area contributed by atoms with Gasteiger partial charge < -0.3 is 20.1 Å². The topological polar surface area (TPSA) is 104 Å². The molecule has 3 N–H and O–H groups in total. The highest BCUT2D eigenvalue weighted by atomic mass is 35.5. The van der Waals surface area contributed by atoms with Crippen molar-refractivity contribution in [3.05, 3.63) is 62.0 Å². The highest BCUT2D eigenvalue weighted by molar-refractivity contribution is 7.16. The quantitative estimate of drug-likeness (QED) is 0.414. The van der Waals surface area contributed by atoms with E-state index in [2.05, 4.69) is 15.3 Å². The molecule has 0 bridgehead atoms. The number of thiophene rings is 1. The second-order valence-electron chi connectivity index (χ2n) is 9.55. The number of hydrogen-bond donors (Lipinski definition) is 3. The standard InChI is InChI=1S/C25H30ClN3O4S/c1-25(2,32)18-8-6-15(7-9-18)12-33-13-17-14-34-24-20(17)22(30)28-21(29-24)23(31)27-11-16-4-3-5-19(26)10-16/h3-5,10,14-15,18,32H,6-9,11-13H2,1-2H3,(H,27,31)(H,28,29,30). The Hall–Kier alpha value is -2.26. The number of fused-ring (bicyclic) bond motifs is 1. The molecule has 1 saturated carbocycles. The van der Waals surface area contributed by atoms with Crippen molar-refractivity contribution in [3.8, 4) is 0 Å². The van der Waals surface area contributed by atoms with Crippen molar-refractivity contribution in [1.82, 2.24) is 15.3 Å². The lowest BCUT2D eigenvalue weighted by Gasteiger charge is -2.35. The summed E-state index contributed by atoms with van der Waals surface area (Å²) >= 11 is 7.31. The normalized spacial score (nSPS) is 18.8. The molecule has 0 radical (unpaired) electrons. The average molecular weight is 504 g/mol. The Morgan fingerprint density at radius 2 is 2.09 bits per heavy atom. The maximum absolute atomic E-state index is 12.7. The molecule has 1 aromatic carbocycles. The zero-order valence-electron chi connectivity index (χ0n) is 19.4. The predicted octanol–water partition coefficient (Wildman–Crippen LogP) is 4.66. The lowest BCUT2D eigenvalue weighted by atomic mass is 9.75. The van der Waals surface area contributed by atoms with Crippen LogP contribution in [-0.4, -0.2) is 33.2 Å². The summed E-state index contributed by atoms with van der Waals surface area (Å²) in [6.07, 6.45) is 4.08. The van der Waals surface area contributed by atoms with Gasteiger partial charge in [0.2, 0.25) is 5.82 Å². The molecule has 2 aromatic heterocycles. The molecule has 0 aliphatic heterocycles. The summed E-state index contributed by atoms with van der Waals surface area (Å²) in [5.74, 6) is 0.338. The maximum atomic E-state index is 12.7. The van der Waals surface area contributed by atoms with E-state index in [1.165, 1.54) is 11.3 Å². The van der Waals surface area contributed by atoms with Crippen molar-refractivity contribution in [1.29, 1.82) is 0 Å². The van der Waals surface area contributed by atoms with Crippen LogP contribution in [0.2, 0.25) is 5.02 Å². The molecule has 9 heteroatoms. The van der Waals surface area contributed by atoms with Gasteiger partial charge in [0.1, 0.15) is 4.83 Å². The van der Waals surface area contributed by atoms with Crippen LogP contribution >= 0.6 is 22.9 Å².